The number of hydrogen-bond donors (Lipinski definition) is 0. The molecule has 1 aliphatic rings. The molecule has 1 fully saturated rings. The molecule has 96 valence electrons. The number of thiazole rings is 1. The zero-order valence-electron chi connectivity index (χ0n) is 10.2. The second-order valence-corrected chi connectivity index (χ2v) is 5.43. The van der Waals surface area contributed by atoms with Crippen molar-refractivity contribution in [2.24, 2.45) is 0 Å². The van der Waals surface area contributed by atoms with Crippen LogP contribution in [0.25, 0.3) is 10.2 Å². The van der Waals surface area contributed by atoms with Crippen molar-refractivity contribution < 1.29 is 4.74 Å². The zero-order valence-corrected chi connectivity index (χ0v) is 11.0. The van der Waals surface area contributed by atoms with Gasteiger partial charge in [-0.05, 0) is 12.1 Å². The maximum absolute atomic E-state index is 11.9. The second-order valence-electron chi connectivity index (χ2n) is 4.44. The Hall–Kier alpha value is -1.17. The van der Waals surface area contributed by atoms with E-state index in [-0.39, 0.29) is 4.87 Å². The predicted molar refractivity (Wildman–Crippen MR) is 73.3 cm³/mol. The molecule has 0 unspecified atom stereocenters. The lowest BCUT2D eigenvalue weighted by Gasteiger charge is -2.26. The lowest BCUT2D eigenvalue weighted by atomic mass is 10.3. The molecule has 1 saturated heterocycles. The van der Waals surface area contributed by atoms with Gasteiger partial charge < -0.3 is 4.74 Å². The molecule has 0 aliphatic carbocycles. The molecule has 18 heavy (non-hydrogen) atoms. The number of aromatic nitrogens is 1. The van der Waals surface area contributed by atoms with Gasteiger partial charge in [0.2, 0.25) is 0 Å². The van der Waals surface area contributed by atoms with Crippen molar-refractivity contribution in [2.45, 2.75) is 6.54 Å². The quantitative estimate of drug-likeness (QED) is 0.840. The van der Waals surface area contributed by atoms with Crippen LogP contribution >= 0.6 is 11.3 Å². The van der Waals surface area contributed by atoms with Crippen LogP contribution in [-0.4, -0.2) is 42.3 Å². The highest BCUT2D eigenvalue weighted by atomic mass is 32.1. The van der Waals surface area contributed by atoms with E-state index in [0.717, 1.165) is 49.6 Å². The normalized spacial score (nSPS) is 17.3. The maximum Gasteiger partial charge on any atom is 0.308 e. The van der Waals surface area contributed by atoms with Gasteiger partial charge in [-0.3, -0.25) is 14.3 Å². The fourth-order valence-electron chi connectivity index (χ4n) is 2.29. The van der Waals surface area contributed by atoms with Crippen LogP contribution < -0.4 is 4.87 Å². The number of para-hydroxylation sites is 1. The van der Waals surface area contributed by atoms with E-state index in [1.165, 1.54) is 11.3 Å². The van der Waals surface area contributed by atoms with Crippen molar-refractivity contribution in [1.82, 2.24) is 9.47 Å². The van der Waals surface area contributed by atoms with Gasteiger partial charge in [0, 0.05) is 26.2 Å². The van der Waals surface area contributed by atoms with Crippen molar-refractivity contribution >= 4 is 21.6 Å². The van der Waals surface area contributed by atoms with Crippen LogP contribution in [0.4, 0.5) is 0 Å². The first-order chi connectivity index (χ1) is 8.84. The summed E-state index contributed by atoms with van der Waals surface area (Å²) in [6, 6.07) is 7.99. The molecule has 1 aromatic heterocycles. The second kappa shape index (κ2) is 5.22. The molecule has 2 heterocycles. The number of morpholine rings is 1. The van der Waals surface area contributed by atoms with Gasteiger partial charge in [0.25, 0.3) is 0 Å². The molecule has 0 amide bonds. The summed E-state index contributed by atoms with van der Waals surface area (Å²) in [5, 5.41) is 0. The van der Waals surface area contributed by atoms with Crippen LogP contribution in [0.1, 0.15) is 0 Å². The maximum atomic E-state index is 11.9. The van der Waals surface area contributed by atoms with Crippen LogP contribution in [-0.2, 0) is 11.3 Å². The molecule has 0 spiro atoms. The highest BCUT2D eigenvalue weighted by Gasteiger charge is 2.12. The lowest BCUT2D eigenvalue weighted by molar-refractivity contribution is 0.0365. The van der Waals surface area contributed by atoms with Crippen molar-refractivity contribution in [3.8, 4) is 0 Å². The Kier molecular flexibility index (Phi) is 3.45. The van der Waals surface area contributed by atoms with Gasteiger partial charge in [0.15, 0.2) is 0 Å². The Morgan fingerprint density at radius 1 is 1.17 bits per heavy atom. The first-order valence-electron chi connectivity index (χ1n) is 6.23. The minimum Gasteiger partial charge on any atom is -0.379 e. The fraction of sp³-hybridized carbons (Fsp3) is 0.462. The monoisotopic (exact) mass is 264 g/mol. The molecule has 1 aromatic carbocycles. The third-order valence-corrected chi connectivity index (χ3v) is 4.28. The molecule has 4 nitrogen and oxygen atoms in total. The minimum atomic E-state index is 0.143. The van der Waals surface area contributed by atoms with Crippen molar-refractivity contribution in [3.05, 3.63) is 33.9 Å². The molecule has 0 bridgehead atoms. The molecular weight excluding hydrogens is 248 g/mol. The van der Waals surface area contributed by atoms with E-state index in [1.54, 1.807) is 0 Å². The molecule has 0 saturated carbocycles. The highest BCUT2D eigenvalue weighted by molar-refractivity contribution is 7.16. The van der Waals surface area contributed by atoms with E-state index in [1.807, 2.05) is 28.8 Å². The predicted octanol–water partition coefficient (Wildman–Crippen LogP) is 1.40. The SMILES string of the molecule is O=c1sc2ccccc2n1CCN1CCOCC1. The molecule has 0 radical (unpaired) electrons. The topological polar surface area (TPSA) is 34.5 Å². The van der Waals surface area contributed by atoms with Crippen LogP contribution in [0.15, 0.2) is 29.1 Å². The van der Waals surface area contributed by atoms with Crippen molar-refractivity contribution in [1.29, 1.82) is 0 Å². The molecule has 0 N–H and O–H groups in total. The minimum absolute atomic E-state index is 0.143. The number of rotatable bonds is 3. The number of ether oxygens (including phenoxy) is 1. The summed E-state index contributed by atoms with van der Waals surface area (Å²) >= 11 is 1.33. The van der Waals surface area contributed by atoms with Gasteiger partial charge in [-0.2, -0.15) is 0 Å². The Morgan fingerprint density at radius 2 is 1.94 bits per heavy atom. The molecule has 5 heteroatoms. The Labute approximate surface area is 109 Å². The van der Waals surface area contributed by atoms with E-state index in [2.05, 4.69) is 4.90 Å². The largest absolute Gasteiger partial charge is 0.379 e. The van der Waals surface area contributed by atoms with E-state index in [9.17, 15) is 4.79 Å². The first kappa shape index (κ1) is 11.9. The summed E-state index contributed by atoms with van der Waals surface area (Å²) in [7, 11) is 0. The number of benzene rings is 1. The van der Waals surface area contributed by atoms with Crippen LogP contribution in [0.3, 0.4) is 0 Å². The van der Waals surface area contributed by atoms with Gasteiger partial charge in [0.1, 0.15) is 0 Å². The smallest absolute Gasteiger partial charge is 0.308 e. The average molecular weight is 264 g/mol. The molecule has 3 rings (SSSR count). The fourth-order valence-corrected chi connectivity index (χ4v) is 3.21. The van der Waals surface area contributed by atoms with Crippen molar-refractivity contribution in [3.63, 3.8) is 0 Å². The Bertz CT molecular complexity index is 584. The zero-order chi connectivity index (χ0) is 12.4. The average Bonchev–Trinajstić information content (AvgIpc) is 2.73. The van der Waals surface area contributed by atoms with Crippen LogP contribution in [0.2, 0.25) is 0 Å². The van der Waals surface area contributed by atoms with Gasteiger partial charge in [-0.1, -0.05) is 23.5 Å². The highest BCUT2D eigenvalue weighted by Crippen LogP contribution is 2.16. The third kappa shape index (κ3) is 2.34. The molecule has 0 atom stereocenters. The lowest BCUT2D eigenvalue weighted by Crippen LogP contribution is -2.38. The van der Waals surface area contributed by atoms with Crippen LogP contribution in [0.5, 0.6) is 0 Å². The van der Waals surface area contributed by atoms with Gasteiger partial charge in [-0.25, -0.2) is 0 Å². The molecule has 1 aliphatic heterocycles. The number of hydrogen-bond acceptors (Lipinski definition) is 4. The molecule has 2 aromatic rings. The van der Waals surface area contributed by atoms with E-state index >= 15 is 0 Å². The first-order valence-corrected chi connectivity index (χ1v) is 7.05. The summed E-state index contributed by atoms with van der Waals surface area (Å²) in [5.74, 6) is 0. The Morgan fingerprint density at radius 3 is 2.78 bits per heavy atom. The third-order valence-electron chi connectivity index (χ3n) is 3.32. The van der Waals surface area contributed by atoms with Gasteiger partial charge in [0.05, 0.1) is 23.4 Å². The summed E-state index contributed by atoms with van der Waals surface area (Å²) in [4.78, 5) is 14.4. The van der Waals surface area contributed by atoms with E-state index in [0.29, 0.717) is 0 Å². The van der Waals surface area contributed by atoms with Crippen molar-refractivity contribution in [2.75, 3.05) is 32.8 Å². The number of nitrogens with zero attached hydrogens (tertiary/aromatic N) is 2. The summed E-state index contributed by atoms with van der Waals surface area (Å²) in [6.45, 7) is 5.24. The Balaban J connectivity index is 1.77. The van der Waals surface area contributed by atoms with E-state index < -0.39 is 0 Å². The van der Waals surface area contributed by atoms with E-state index in [4.69, 9.17) is 4.74 Å². The van der Waals surface area contributed by atoms with Crippen LogP contribution in [0, 0.1) is 0 Å². The summed E-state index contributed by atoms with van der Waals surface area (Å²) < 4.78 is 8.28. The summed E-state index contributed by atoms with van der Waals surface area (Å²) in [5.41, 5.74) is 1.06. The standard InChI is InChI=1S/C13H16N2O2S/c16-13-15(6-5-14-7-9-17-10-8-14)11-3-1-2-4-12(11)18-13/h1-4H,5-10H2. The summed E-state index contributed by atoms with van der Waals surface area (Å²) in [6.07, 6.45) is 0. The number of fused-ring (bicyclic) bond motifs is 1. The van der Waals surface area contributed by atoms with Gasteiger partial charge >= 0.3 is 4.87 Å². The van der Waals surface area contributed by atoms with Gasteiger partial charge in [-0.15, -0.1) is 0 Å². The molecular formula is C13H16N2O2S.